The number of nitrogens with one attached hydrogen (secondary N) is 1. The second kappa shape index (κ2) is 3.91. The topological polar surface area (TPSA) is 68.2 Å². The molecule has 0 aromatic carbocycles. The lowest BCUT2D eigenvalue weighted by molar-refractivity contribution is 0.456. The first-order valence-electron chi connectivity index (χ1n) is 6.11. The average Bonchev–Trinajstić information content (AvgIpc) is 3.12. The number of pyridine rings is 1. The first kappa shape index (κ1) is 11.4. The van der Waals surface area contributed by atoms with Crippen molar-refractivity contribution in [1.82, 2.24) is 14.6 Å². The molecule has 0 radical (unpaired) electrons. The van der Waals surface area contributed by atoms with Gasteiger partial charge in [-0.3, -0.25) is 0 Å². The van der Waals surface area contributed by atoms with Gasteiger partial charge in [-0.1, -0.05) is 0 Å². The Balaban J connectivity index is 1.90. The van der Waals surface area contributed by atoms with Gasteiger partial charge in [-0.05, 0) is 37.8 Å². The lowest BCUT2D eigenvalue weighted by Gasteiger charge is -2.28. The molecule has 2 aromatic rings. The minimum absolute atomic E-state index is 0.177. The largest absolute Gasteiger partial charge is 0.346 e. The highest BCUT2D eigenvalue weighted by molar-refractivity contribution is 5.44. The van der Waals surface area contributed by atoms with Gasteiger partial charge in [-0.25, -0.2) is 8.91 Å². The normalized spacial score (nSPS) is 18.8. The Bertz CT molecular complexity index is 577. The first-order chi connectivity index (χ1) is 8.60. The second-order valence-electron chi connectivity index (χ2n) is 5.11. The highest BCUT2D eigenvalue weighted by Gasteiger charge is 2.41. The van der Waals surface area contributed by atoms with Gasteiger partial charge in [-0.15, -0.1) is 5.10 Å². The molecule has 3 rings (SSSR count). The molecular weight excluding hydrogens is 233 g/mol. The lowest BCUT2D eigenvalue weighted by Crippen LogP contribution is -2.45. The summed E-state index contributed by atoms with van der Waals surface area (Å²) in [4.78, 5) is 4.32. The summed E-state index contributed by atoms with van der Waals surface area (Å²) in [6.07, 6.45) is 3.68. The van der Waals surface area contributed by atoms with Crippen molar-refractivity contribution >= 4 is 11.6 Å². The minimum Gasteiger partial charge on any atom is -0.346 e. The number of aromatic nitrogens is 3. The van der Waals surface area contributed by atoms with E-state index < -0.39 is 0 Å². The van der Waals surface area contributed by atoms with E-state index in [1.807, 2.05) is 0 Å². The Morgan fingerprint density at radius 1 is 1.56 bits per heavy atom. The summed E-state index contributed by atoms with van der Waals surface area (Å²) in [7, 11) is 0. The zero-order valence-electron chi connectivity index (χ0n) is 10.2. The van der Waals surface area contributed by atoms with Crippen LogP contribution in [0.1, 0.15) is 19.8 Å². The second-order valence-corrected chi connectivity index (χ2v) is 5.11. The van der Waals surface area contributed by atoms with E-state index in [0.717, 1.165) is 0 Å². The molecule has 1 unspecified atom stereocenters. The molecule has 1 saturated carbocycles. The van der Waals surface area contributed by atoms with Crippen LogP contribution in [0.4, 0.5) is 10.3 Å². The quantitative estimate of drug-likeness (QED) is 0.859. The zero-order valence-corrected chi connectivity index (χ0v) is 10.2. The van der Waals surface area contributed by atoms with Gasteiger partial charge in [-0.2, -0.15) is 4.98 Å². The summed E-state index contributed by atoms with van der Waals surface area (Å²) in [6, 6.07) is 2.97. The minimum atomic E-state index is -0.331. The SMILES string of the molecule is CC(CN)(Nc1nc2ccc(F)cn2n1)C1CC1. The number of nitrogens with zero attached hydrogens (tertiary/aromatic N) is 3. The molecule has 6 heteroatoms. The van der Waals surface area contributed by atoms with Gasteiger partial charge in [0.05, 0.1) is 11.7 Å². The molecule has 3 N–H and O–H groups in total. The summed E-state index contributed by atoms with van der Waals surface area (Å²) >= 11 is 0. The third-order valence-electron chi connectivity index (χ3n) is 3.59. The third kappa shape index (κ3) is 1.92. The maximum Gasteiger partial charge on any atom is 0.243 e. The van der Waals surface area contributed by atoms with Gasteiger partial charge in [0.2, 0.25) is 5.95 Å². The molecule has 1 aliphatic carbocycles. The Labute approximate surface area is 104 Å². The van der Waals surface area contributed by atoms with Crippen molar-refractivity contribution in [3.05, 3.63) is 24.1 Å². The predicted molar refractivity (Wildman–Crippen MR) is 66.8 cm³/mol. The Morgan fingerprint density at radius 3 is 3.00 bits per heavy atom. The van der Waals surface area contributed by atoms with Crippen molar-refractivity contribution in [3.8, 4) is 0 Å². The molecule has 0 bridgehead atoms. The van der Waals surface area contributed by atoms with E-state index in [4.69, 9.17) is 5.73 Å². The van der Waals surface area contributed by atoms with Gasteiger partial charge in [0, 0.05) is 6.54 Å². The van der Waals surface area contributed by atoms with Crippen molar-refractivity contribution < 1.29 is 4.39 Å². The van der Waals surface area contributed by atoms with Gasteiger partial charge in [0.25, 0.3) is 0 Å². The van der Waals surface area contributed by atoms with E-state index in [2.05, 4.69) is 22.3 Å². The van der Waals surface area contributed by atoms with Gasteiger partial charge < -0.3 is 11.1 Å². The highest BCUT2D eigenvalue weighted by Crippen LogP contribution is 2.40. The number of nitrogens with two attached hydrogens (primary N) is 1. The lowest BCUT2D eigenvalue weighted by atomic mass is 9.96. The van der Waals surface area contributed by atoms with Crippen LogP contribution in [0, 0.1) is 11.7 Å². The summed E-state index contributed by atoms with van der Waals surface area (Å²) < 4.78 is 14.5. The summed E-state index contributed by atoms with van der Waals surface area (Å²) in [5.41, 5.74) is 6.27. The summed E-state index contributed by atoms with van der Waals surface area (Å²) in [5, 5.41) is 7.50. The van der Waals surface area contributed by atoms with Crippen molar-refractivity contribution in [1.29, 1.82) is 0 Å². The van der Waals surface area contributed by atoms with E-state index in [1.165, 1.54) is 29.6 Å². The van der Waals surface area contributed by atoms with Crippen LogP contribution in [0.2, 0.25) is 0 Å². The van der Waals surface area contributed by atoms with Crippen LogP contribution in [0.25, 0.3) is 5.65 Å². The fourth-order valence-corrected chi connectivity index (χ4v) is 2.21. The van der Waals surface area contributed by atoms with Crippen molar-refractivity contribution in [3.63, 3.8) is 0 Å². The summed E-state index contributed by atoms with van der Waals surface area (Å²) in [5.74, 6) is 0.744. The smallest absolute Gasteiger partial charge is 0.243 e. The monoisotopic (exact) mass is 249 g/mol. The van der Waals surface area contributed by atoms with Crippen molar-refractivity contribution in [2.75, 3.05) is 11.9 Å². The van der Waals surface area contributed by atoms with Crippen LogP contribution in [0.3, 0.4) is 0 Å². The molecule has 2 aromatic heterocycles. The molecule has 5 nitrogen and oxygen atoms in total. The Morgan fingerprint density at radius 2 is 2.33 bits per heavy atom. The first-order valence-corrected chi connectivity index (χ1v) is 6.11. The van der Waals surface area contributed by atoms with Crippen LogP contribution in [-0.2, 0) is 0 Å². The molecule has 1 atom stereocenters. The van der Waals surface area contributed by atoms with Crippen molar-refractivity contribution in [2.24, 2.45) is 11.7 Å². The standard InChI is InChI=1S/C12H16FN5/c1-12(7-14,8-2-3-8)16-11-15-10-5-4-9(13)6-18(10)17-11/h4-6,8H,2-3,7,14H2,1H3,(H,16,17). The van der Waals surface area contributed by atoms with Crippen LogP contribution >= 0.6 is 0 Å². The van der Waals surface area contributed by atoms with E-state index in [0.29, 0.717) is 24.1 Å². The highest BCUT2D eigenvalue weighted by atomic mass is 19.1. The average molecular weight is 249 g/mol. The van der Waals surface area contributed by atoms with E-state index in [-0.39, 0.29) is 11.4 Å². The molecule has 18 heavy (non-hydrogen) atoms. The maximum absolute atomic E-state index is 13.1. The number of rotatable bonds is 4. The van der Waals surface area contributed by atoms with Crippen LogP contribution in [-0.4, -0.2) is 26.7 Å². The number of hydrogen-bond acceptors (Lipinski definition) is 4. The number of fused-ring (bicyclic) bond motifs is 1. The molecule has 1 aliphatic rings. The van der Waals surface area contributed by atoms with Crippen LogP contribution in [0.15, 0.2) is 18.3 Å². The molecule has 1 fully saturated rings. The Hall–Kier alpha value is -1.69. The van der Waals surface area contributed by atoms with Gasteiger partial charge in [0.1, 0.15) is 5.82 Å². The van der Waals surface area contributed by atoms with E-state index in [9.17, 15) is 4.39 Å². The molecule has 0 aliphatic heterocycles. The number of hydrogen-bond donors (Lipinski definition) is 2. The predicted octanol–water partition coefficient (Wildman–Crippen LogP) is 1.41. The molecule has 2 heterocycles. The number of halogens is 1. The van der Waals surface area contributed by atoms with Crippen molar-refractivity contribution in [2.45, 2.75) is 25.3 Å². The molecule has 0 spiro atoms. The fourth-order valence-electron chi connectivity index (χ4n) is 2.21. The van der Waals surface area contributed by atoms with E-state index >= 15 is 0 Å². The van der Waals surface area contributed by atoms with Crippen LogP contribution < -0.4 is 11.1 Å². The summed E-state index contributed by atoms with van der Waals surface area (Å²) in [6.45, 7) is 2.61. The third-order valence-corrected chi connectivity index (χ3v) is 3.59. The maximum atomic E-state index is 13.1. The Kier molecular flexibility index (Phi) is 2.48. The molecule has 0 saturated heterocycles. The van der Waals surface area contributed by atoms with Gasteiger partial charge >= 0.3 is 0 Å². The molecule has 96 valence electrons. The van der Waals surface area contributed by atoms with Gasteiger partial charge in [0.15, 0.2) is 5.65 Å². The van der Waals surface area contributed by atoms with Crippen LogP contribution in [0.5, 0.6) is 0 Å². The van der Waals surface area contributed by atoms with E-state index in [1.54, 1.807) is 6.07 Å². The molecular formula is C12H16FN5. The fraction of sp³-hybridized carbons (Fsp3) is 0.500. The number of anilines is 1. The zero-order chi connectivity index (χ0) is 12.8. The molecule has 0 amide bonds.